The van der Waals surface area contributed by atoms with Crippen LogP contribution in [0.5, 0.6) is 11.5 Å². The van der Waals surface area contributed by atoms with E-state index in [9.17, 15) is 22.8 Å². The Balaban J connectivity index is 1.90. The topological polar surface area (TPSA) is 84.9 Å². The lowest BCUT2D eigenvalue weighted by Crippen LogP contribution is -2.31. The molecule has 0 saturated carbocycles. The van der Waals surface area contributed by atoms with Crippen molar-refractivity contribution in [3.05, 3.63) is 59.7 Å². The number of amides is 1. The van der Waals surface area contributed by atoms with Gasteiger partial charge in [-0.25, -0.2) is 4.79 Å². The van der Waals surface area contributed by atoms with Crippen molar-refractivity contribution in [1.29, 1.82) is 0 Å². The number of hydrogen-bond acceptors (Lipinski definition) is 4. The maximum absolute atomic E-state index is 12.9. The lowest BCUT2D eigenvalue weighted by Gasteiger charge is -2.17. The van der Waals surface area contributed by atoms with Gasteiger partial charge in [-0.15, -0.1) is 0 Å². The summed E-state index contributed by atoms with van der Waals surface area (Å²) in [6.45, 7) is 0.647. The fourth-order valence-corrected chi connectivity index (χ4v) is 2.33. The van der Waals surface area contributed by atoms with Crippen LogP contribution in [-0.4, -0.2) is 30.2 Å². The van der Waals surface area contributed by atoms with Crippen LogP contribution in [-0.2, 0) is 15.8 Å². The van der Waals surface area contributed by atoms with Crippen molar-refractivity contribution in [2.24, 2.45) is 0 Å². The van der Waals surface area contributed by atoms with E-state index in [2.05, 4.69) is 5.32 Å². The van der Waals surface area contributed by atoms with E-state index in [0.717, 1.165) is 12.1 Å². The van der Waals surface area contributed by atoms with Crippen LogP contribution < -0.4 is 14.8 Å². The predicted molar refractivity (Wildman–Crippen MR) is 93.1 cm³/mol. The number of hydrogen-bond donors (Lipinski definition) is 2. The molecule has 2 aromatic rings. The highest BCUT2D eigenvalue weighted by atomic mass is 19.4. The zero-order chi connectivity index (χ0) is 20.7. The first-order valence-corrected chi connectivity index (χ1v) is 8.19. The molecule has 6 nitrogen and oxygen atoms in total. The van der Waals surface area contributed by atoms with E-state index in [4.69, 9.17) is 14.6 Å². The van der Waals surface area contributed by atoms with Gasteiger partial charge in [0.2, 0.25) is 0 Å². The predicted octanol–water partition coefficient (Wildman–Crippen LogP) is 3.43. The summed E-state index contributed by atoms with van der Waals surface area (Å²) in [4.78, 5) is 22.5. The molecule has 9 heteroatoms. The minimum Gasteiger partial charge on any atom is -0.483 e. The summed E-state index contributed by atoms with van der Waals surface area (Å²) in [7, 11) is 0. The highest BCUT2D eigenvalue weighted by Gasteiger charge is 2.34. The molecule has 28 heavy (non-hydrogen) atoms. The van der Waals surface area contributed by atoms with E-state index in [-0.39, 0.29) is 0 Å². The molecule has 150 valence electrons. The van der Waals surface area contributed by atoms with Crippen LogP contribution in [0.25, 0.3) is 0 Å². The number of ether oxygens (including phenoxy) is 2. The van der Waals surface area contributed by atoms with Crippen molar-refractivity contribution in [2.45, 2.75) is 19.1 Å². The molecular formula is C19H18F3NO5. The van der Waals surface area contributed by atoms with Gasteiger partial charge in [-0.05, 0) is 36.8 Å². The second-order valence-corrected chi connectivity index (χ2v) is 5.82. The molecular weight excluding hydrogens is 379 g/mol. The molecule has 0 saturated heterocycles. The fraction of sp³-hybridized carbons (Fsp3) is 0.263. The molecule has 0 fully saturated rings. The van der Waals surface area contributed by atoms with Gasteiger partial charge in [-0.2, -0.15) is 13.2 Å². The monoisotopic (exact) mass is 397 g/mol. The first-order valence-electron chi connectivity index (χ1n) is 8.19. The summed E-state index contributed by atoms with van der Waals surface area (Å²) in [6, 6.07) is 10.6. The lowest BCUT2D eigenvalue weighted by molar-refractivity contribution is -0.140. The molecule has 0 radical (unpaired) electrons. The van der Waals surface area contributed by atoms with Gasteiger partial charge < -0.3 is 19.9 Å². The maximum atomic E-state index is 12.9. The molecule has 2 N–H and O–H groups in total. The van der Waals surface area contributed by atoms with Crippen molar-refractivity contribution in [1.82, 2.24) is 5.32 Å². The van der Waals surface area contributed by atoms with Gasteiger partial charge in [-0.3, -0.25) is 4.79 Å². The van der Waals surface area contributed by atoms with Crippen LogP contribution in [0.3, 0.4) is 0 Å². The number of aliphatic carboxylic acids is 1. The normalized spacial score (nSPS) is 12.1. The van der Waals surface area contributed by atoms with Crippen molar-refractivity contribution < 1.29 is 37.3 Å². The van der Waals surface area contributed by atoms with E-state index in [1.807, 2.05) is 0 Å². The molecule has 2 aromatic carbocycles. The van der Waals surface area contributed by atoms with Crippen molar-refractivity contribution in [2.75, 3.05) is 13.2 Å². The molecule has 2 rings (SSSR count). The van der Waals surface area contributed by atoms with Crippen molar-refractivity contribution in [3.8, 4) is 11.5 Å². The molecule has 0 aromatic heterocycles. The van der Waals surface area contributed by atoms with Gasteiger partial charge in [0, 0.05) is 0 Å². The fourth-order valence-electron chi connectivity index (χ4n) is 2.33. The molecule has 0 aliphatic rings. The number of alkyl halides is 3. The van der Waals surface area contributed by atoms with E-state index < -0.39 is 48.6 Å². The zero-order valence-electron chi connectivity index (χ0n) is 14.8. The summed E-state index contributed by atoms with van der Waals surface area (Å²) < 4.78 is 48.8. The Morgan fingerprint density at radius 2 is 1.68 bits per heavy atom. The van der Waals surface area contributed by atoms with Crippen LogP contribution >= 0.6 is 0 Å². The van der Waals surface area contributed by atoms with E-state index in [1.54, 1.807) is 31.2 Å². The molecule has 0 heterocycles. The molecule has 0 spiro atoms. The first kappa shape index (κ1) is 21.1. The average molecular weight is 397 g/mol. The van der Waals surface area contributed by atoms with Crippen molar-refractivity contribution in [3.63, 3.8) is 0 Å². The summed E-state index contributed by atoms with van der Waals surface area (Å²) >= 11 is 0. The molecule has 1 amide bonds. The lowest BCUT2D eigenvalue weighted by atomic mass is 10.1. The second-order valence-electron chi connectivity index (χ2n) is 5.82. The first-order chi connectivity index (χ1) is 13.2. The van der Waals surface area contributed by atoms with Gasteiger partial charge in [0.1, 0.15) is 11.5 Å². The van der Waals surface area contributed by atoms with Gasteiger partial charge in [0.25, 0.3) is 5.91 Å². The highest BCUT2D eigenvalue weighted by molar-refractivity contribution is 5.78. The van der Waals surface area contributed by atoms with Gasteiger partial charge in [0.05, 0.1) is 11.6 Å². The SMILES string of the molecule is CC(NC(=O)COc1ccccc1C(F)(F)F)c1ccc(OCC(=O)O)cc1. The Labute approximate surface area is 158 Å². The van der Waals surface area contributed by atoms with E-state index in [1.165, 1.54) is 12.1 Å². The molecule has 0 bridgehead atoms. The number of carbonyl (C=O) groups is 2. The molecule has 1 atom stereocenters. The summed E-state index contributed by atoms with van der Waals surface area (Å²) in [6.07, 6.45) is -4.58. The summed E-state index contributed by atoms with van der Waals surface area (Å²) in [5, 5.41) is 11.2. The number of halogens is 3. The number of carbonyl (C=O) groups excluding carboxylic acids is 1. The quantitative estimate of drug-likeness (QED) is 0.713. The average Bonchev–Trinajstić information content (AvgIpc) is 2.64. The summed E-state index contributed by atoms with van der Waals surface area (Å²) in [5.74, 6) is -1.75. The third kappa shape index (κ3) is 6.19. The largest absolute Gasteiger partial charge is 0.483 e. The Morgan fingerprint density at radius 3 is 2.29 bits per heavy atom. The minimum atomic E-state index is -4.58. The second kappa shape index (κ2) is 9.12. The smallest absolute Gasteiger partial charge is 0.419 e. The van der Waals surface area contributed by atoms with E-state index >= 15 is 0 Å². The van der Waals surface area contributed by atoms with Gasteiger partial charge in [-0.1, -0.05) is 24.3 Å². The van der Waals surface area contributed by atoms with Crippen LogP contribution in [0.4, 0.5) is 13.2 Å². The number of carboxylic acid groups (broad SMARTS) is 1. The minimum absolute atomic E-state index is 0.358. The Hall–Kier alpha value is -3.23. The van der Waals surface area contributed by atoms with Crippen LogP contribution in [0.2, 0.25) is 0 Å². The highest BCUT2D eigenvalue weighted by Crippen LogP contribution is 2.35. The zero-order valence-corrected chi connectivity index (χ0v) is 14.8. The number of nitrogens with one attached hydrogen (secondary N) is 1. The van der Waals surface area contributed by atoms with Crippen LogP contribution in [0.15, 0.2) is 48.5 Å². The summed E-state index contributed by atoms with van der Waals surface area (Å²) in [5.41, 5.74) is -0.250. The maximum Gasteiger partial charge on any atom is 0.419 e. The molecule has 0 aliphatic heterocycles. The molecule has 1 unspecified atom stereocenters. The van der Waals surface area contributed by atoms with E-state index in [0.29, 0.717) is 11.3 Å². The van der Waals surface area contributed by atoms with Gasteiger partial charge >= 0.3 is 12.1 Å². The Bertz CT molecular complexity index is 821. The third-order valence-corrected chi connectivity index (χ3v) is 3.67. The van der Waals surface area contributed by atoms with Crippen LogP contribution in [0.1, 0.15) is 24.1 Å². The number of para-hydroxylation sites is 1. The number of benzene rings is 2. The third-order valence-electron chi connectivity index (χ3n) is 3.67. The Kier molecular flexibility index (Phi) is 6.86. The number of rotatable bonds is 8. The Morgan fingerprint density at radius 1 is 1.04 bits per heavy atom. The van der Waals surface area contributed by atoms with Crippen molar-refractivity contribution >= 4 is 11.9 Å². The standard InChI is InChI=1S/C19H18F3NO5/c1-12(13-6-8-14(9-7-13)27-11-18(25)26)23-17(24)10-28-16-5-3-2-4-15(16)19(20,21)22/h2-9,12H,10-11H2,1H3,(H,23,24)(H,25,26). The van der Waals surface area contributed by atoms with Crippen LogP contribution in [0, 0.1) is 0 Å². The number of carboxylic acids is 1. The molecule has 0 aliphatic carbocycles. The van der Waals surface area contributed by atoms with Gasteiger partial charge in [0.15, 0.2) is 13.2 Å².